The van der Waals surface area contributed by atoms with E-state index in [1.165, 1.54) is 0 Å². The van der Waals surface area contributed by atoms with Crippen molar-refractivity contribution in [1.82, 2.24) is 14.0 Å². The lowest BCUT2D eigenvalue weighted by Gasteiger charge is -2.39. The second kappa shape index (κ2) is 9.10. The molecule has 0 saturated heterocycles. The summed E-state index contributed by atoms with van der Waals surface area (Å²) in [6.07, 6.45) is 0. The Labute approximate surface area is 100 Å². The zero-order chi connectivity index (χ0) is 13.4. The summed E-state index contributed by atoms with van der Waals surface area (Å²) in [5.41, 5.74) is 5.01. The number of nitrogens with one attached hydrogen (secondary N) is 1. The molecule has 0 spiro atoms. The van der Waals surface area contributed by atoms with Gasteiger partial charge in [0.25, 0.3) is 0 Å². The van der Waals surface area contributed by atoms with Gasteiger partial charge in [0.1, 0.15) is 0 Å². The summed E-state index contributed by atoms with van der Waals surface area (Å²) in [5.74, 6) is 0. The molecule has 0 aromatic heterocycles. The maximum Gasteiger partial charge on any atom is 0.163 e. The highest BCUT2D eigenvalue weighted by Gasteiger charge is 2.24. The van der Waals surface area contributed by atoms with Gasteiger partial charge in [0.15, 0.2) is 7.51 Å². The van der Waals surface area contributed by atoms with E-state index in [1.54, 1.807) is 7.11 Å². The standard InChI is InChI=1S/C6H19N4P.C3H9NO/c1-8(2)11(7,9(3)4)10(5)6;1-5-3-2-4/h7H,1-6H3;2-4H2,1H3. The van der Waals surface area contributed by atoms with Crippen LogP contribution in [0.4, 0.5) is 0 Å². The highest BCUT2D eigenvalue weighted by Crippen LogP contribution is 2.51. The number of nitrogens with zero attached hydrogens (tertiary/aromatic N) is 3. The lowest BCUT2D eigenvalue weighted by atomic mass is 10.7. The minimum absolute atomic E-state index is 0.622. The number of hydrogen-bond acceptors (Lipinski definition) is 3. The maximum atomic E-state index is 8.17. The molecular formula is C9H28N5OP. The van der Waals surface area contributed by atoms with Crippen LogP contribution in [0.15, 0.2) is 0 Å². The van der Waals surface area contributed by atoms with Crippen LogP contribution in [0.2, 0.25) is 0 Å². The summed E-state index contributed by atoms with van der Waals surface area (Å²) >= 11 is 0. The fraction of sp³-hybridized carbons (Fsp3) is 1.00. The van der Waals surface area contributed by atoms with Crippen LogP contribution in [0.1, 0.15) is 0 Å². The summed E-state index contributed by atoms with van der Waals surface area (Å²) in [6, 6.07) is 0. The van der Waals surface area contributed by atoms with E-state index in [0.717, 1.165) is 0 Å². The van der Waals surface area contributed by atoms with Crippen LogP contribution in [-0.4, -0.2) is 76.6 Å². The maximum absolute atomic E-state index is 8.17. The van der Waals surface area contributed by atoms with Gasteiger partial charge < -0.3 is 10.5 Å². The van der Waals surface area contributed by atoms with Crippen molar-refractivity contribution >= 4 is 7.51 Å². The first kappa shape index (κ1) is 18.4. The first-order chi connectivity index (χ1) is 7.24. The Balaban J connectivity index is 0. The predicted molar refractivity (Wildman–Crippen MR) is 71.6 cm³/mol. The van der Waals surface area contributed by atoms with E-state index in [0.29, 0.717) is 13.2 Å². The summed E-state index contributed by atoms with van der Waals surface area (Å²) in [7, 11) is 11.4. The van der Waals surface area contributed by atoms with Crippen LogP contribution in [0.3, 0.4) is 0 Å². The van der Waals surface area contributed by atoms with Crippen molar-refractivity contribution in [2.45, 2.75) is 0 Å². The second-order valence-corrected chi connectivity index (χ2v) is 7.43. The van der Waals surface area contributed by atoms with Gasteiger partial charge in [-0.15, -0.1) is 0 Å². The van der Waals surface area contributed by atoms with Crippen LogP contribution < -0.4 is 5.73 Å². The Morgan fingerprint density at radius 1 is 1.00 bits per heavy atom. The van der Waals surface area contributed by atoms with E-state index in [1.807, 2.05) is 56.3 Å². The minimum atomic E-state index is -1.94. The van der Waals surface area contributed by atoms with Crippen molar-refractivity contribution in [3.05, 3.63) is 0 Å². The average Bonchev–Trinajstić information content (AvgIpc) is 2.17. The molecule has 0 atom stereocenters. The van der Waals surface area contributed by atoms with Crippen LogP contribution in [0, 0.1) is 5.16 Å². The zero-order valence-electron chi connectivity index (χ0n) is 11.7. The van der Waals surface area contributed by atoms with E-state index in [2.05, 4.69) is 4.74 Å². The number of ether oxygens (including phenoxy) is 1. The third-order valence-corrected chi connectivity index (χ3v) is 5.34. The van der Waals surface area contributed by atoms with Crippen LogP contribution in [-0.2, 0) is 4.74 Å². The molecule has 0 heterocycles. The van der Waals surface area contributed by atoms with E-state index in [9.17, 15) is 0 Å². The van der Waals surface area contributed by atoms with Gasteiger partial charge in [-0.2, -0.15) is 0 Å². The highest BCUT2D eigenvalue weighted by molar-refractivity contribution is 7.57. The number of methoxy groups -OCH3 is 1. The fourth-order valence-corrected chi connectivity index (χ4v) is 3.34. The molecule has 0 amide bonds. The molecule has 0 aromatic rings. The van der Waals surface area contributed by atoms with Crippen molar-refractivity contribution in [2.75, 3.05) is 62.5 Å². The van der Waals surface area contributed by atoms with Crippen molar-refractivity contribution in [1.29, 1.82) is 5.16 Å². The lowest BCUT2D eigenvalue weighted by Crippen LogP contribution is -2.29. The van der Waals surface area contributed by atoms with Gasteiger partial charge in [-0.3, -0.25) is 19.2 Å². The van der Waals surface area contributed by atoms with Crippen LogP contribution in [0.5, 0.6) is 0 Å². The number of nitrogens with two attached hydrogens (primary N) is 1. The molecule has 16 heavy (non-hydrogen) atoms. The number of rotatable bonds is 5. The van der Waals surface area contributed by atoms with Crippen molar-refractivity contribution in [2.24, 2.45) is 5.73 Å². The summed E-state index contributed by atoms with van der Waals surface area (Å²) < 4.78 is 10.5. The zero-order valence-corrected chi connectivity index (χ0v) is 12.6. The van der Waals surface area contributed by atoms with Gasteiger partial charge in [-0.25, -0.2) is 0 Å². The minimum Gasteiger partial charge on any atom is -0.383 e. The van der Waals surface area contributed by atoms with Crippen molar-refractivity contribution in [3.8, 4) is 0 Å². The molecule has 100 valence electrons. The topological polar surface area (TPSA) is 68.8 Å². The van der Waals surface area contributed by atoms with Crippen LogP contribution >= 0.6 is 7.51 Å². The molecule has 0 saturated carbocycles. The fourth-order valence-electron chi connectivity index (χ4n) is 1.19. The molecule has 7 heteroatoms. The molecule has 0 radical (unpaired) electrons. The molecule has 0 aromatic carbocycles. The molecule has 0 aliphatic rings. The van der Waals surface area contributed by atoms with Crippen molar-refractivity contribution < 1.29 is 4.74 Å². The molecule has 0 fully saturated rings. The Hall–Kier alpha value is 0.0300. The average molecular weight is 253 g/mol. The molecular weight excluding hydrogens is 225 g/mol. The third kappa shape index (κ3) is 5.94. The summed E-state index contributed by atoms with van der Waals surface area (Å²) in [5, 5.41) is 8.17. The van der Waals surface area contributed by atoms with E-state index in [4.69, 9.17) is 10.9 Å². The first-order valence-electron chi connectivity index (χ1n) is 5.11. The van der Waals surface area contributed by atoms with Crippen LogP contribution in [0.25, 0.3) is 0 Å². The van der Waals surface area contributed by atoms with Gasteiger partial charge in [0, 0.05) is 13.7 Å². The SMILES string of the molecule is CN(C)P(=N)(N(C)C)N(C)C.COCCN. The molecule has 0 aliphatic heterocycles. The Morgan fingerprint density at radius 3 is 1.31 bits per heavy atom. The third-order valence-electron chi connectivity index (χ3n) is 2.00. The quantitative estimate of drug-likeness (QED) is 0.709. The van der Waals surface area contributed by atoms with E-state index in [-0.39, 0.29) is 0 Å². The predicted octanol–water partition coefficient (Wildman–Crippen LogP) is 0.788. The largest absolute Gasteiger partial charge is 0.383 e. The molecule has 0 aliphatic carbocycles. The normalized spacial score (nSPS) is 11.9. The Bertz CT molecular complexity index is 178. The van der Waals surface area contributed by atoms with Gasteiger partial charge >= 0.3 is 0 Å². The summed E-state index contributed by atoms with van der Waals surface area (Å²) in [6.45, 7) is 1.29. The molecule has 0 bridgehead atoms. The van der Waals surface area contributed by atoms with Gasteiger partial charge in [0.05, 0.1) is 6.61 Å². The van der Waals surface area contributed by atoms with Gasteiger partial charge in [-0.1, -0.05) is 0 Å². The van der Waals surface area contributed by atoms with E-state index < -0.39 is 7.51 Å². The van der Waals surface area contributed by atoms with Gasteiger partial charge in [-0.05, 0) is 42.3 Å². The lowest BCUT2D eigenvalue weighted by molar-refractivity contribution is 0.207. The molecule has 6 nitrogen and oxygen atoms in total. The van der Waals surface area contributed by atoms with Crippen molar-refractivity contribution in [3.63, 3.8) is 0 Å². The molecule has 0 rings (SSSR count). The summed E-state index contributed by atoms with van der Waals surface area (Å²) in [4.78, 5) is 0. The second-order valence-electron chi connectivity index (χ2n) is 3.89. The van der Waals surface area contributed by atoms with E-state index >= 15 is 0 Å². The van der Waals surface area contributed by atoms with Gasteiger partial charge in [0.2, 0.25) is 0 Å². The molecule has 3 N–H and O–H groups in total. The first-order valence-corrected chi connectivity index (χ1v) is 6.76. The smallest absolute Gasteiger partial charge is 0.163 e. The Kier molecular flexibility index (Phi) is 10.5. The number of hydrogen-bond donors (Lipinski definition) is 2. The Morgan fingerprint density at radius 2 is 1.31 bits per heavy atom. The molecule has 0 unspecified atom stereocenters. The highest BCUT2D eigenvalue weighted by atomic mass is 31.2. The monoisotopic (exact) mass is 253 g/mol.